The highest BCUT2D eigenvalue weighted by Crippen LogP contribution is 2.22. The van der Waals surface area contributed by atoms with E-state index in [2.05, 4.69) is 65.8 Å². The molecule has 4 unspecified atom stereocenters. The molecule has 0 aromatic carbocycles. The molecule has 0 aromatic heterocycles. The first-order chi connectivity index (χ1) is 11.4. The molecule has 0 radical (unpaired) electrons. The van der Waals surface area contributed by atoms with Crippen LogP contribution in [0, 0.1) is 23.7 Å². The molecule has 0 heterocycles. The van der Waals surface area contributed by atoms with E-state index < -0.39 is 0 Å². The number of hydrogen-bond donors (Lipinski definition) is 0. The molecule has 0 spiro atoms. The Bertz CT molecular complexity index is 383. The monoisotopic (exact) mass is 330 g/mol. The number of rotatable bonds is 0. The van der Waals surface area contributed by atoms with Crippen molar-refractivity contribution >= 4 is 0 Å². The van der Waals surface area contributed by atoms with Crippen molar-refractivity contribution in [3.8, 4) is 0 Å². The molecular weight excluding hydrogens is 288 g/mol. The maximum Gasteiger partial charge on any atom is -0.0262 e. The minimum Gasteiger partial charge on any atom is -0.0854 e. The Morgan fingerprint density at radius 1 is 0.625 bits per heavy atom. The molecule has 138 valence electrons. The Morgan fingerprint density at radius 2 is 1.00 bits per heavy atom. The predicted octanol–water partition coefficient (Wildman–Crippen LogP) is 8.11. The first kappa shape index (κ1) is 21.3. The summed E-state index contributed by atoms with van der Waals surface area (Å²) < 4.78 is 0. The van der Waals surface area contributed by atoms with Crippen LogP contribution >= 0.6 is 0 Å². The maximum absolute atomic E-state index is 2.37. The van der Waals surface area contributed by atoms with Gasteiger partial charge in [-0.2, -0.15) is 0 Å². The summed E-state index contributed by atoms with van der Waals surface area (Å²) in [6, 6.07) is 0. The summed E-state index contributed by atoms with van der Waals surface area (Å²) in [5.74, 6) is 3.56. The van der Waals surface area contributed by atoms with E-state index in [1.165, 1.54) is 51.4 Å². The fraction of sp³-hybridized carbons (Fsp3) is 0.750. The second-order valence-corrected chi connectivity index (χ2v) is 8.78. The van der Waals surface area contributed by atoms with Crippen LogP contribution in [-0.2, 0) is 0 Å². The summed E-state index contributed by atoms with van der Waals surface area (Å²) in [4.78, 5) is 0. The van der Waals surface area contributed by atoms with Crippen molar-refractivity contribution in [2.45, 2.75) is 92.9 Å². The van der Waals surface area contributed by atoms with Gasteiger partial charge in [-0.1, -0.05) is 63.1 Å². The molecule has 24 heavy (non-hydrogen) atoms. The first-order valence-electron chi connectivity index (χ1n) is 10.4. The average molecular weight is 331 g/mol. The molecule has 0 bridgehead atoms. The van der Waals surface area contributed by atoms with Crippen LogP contribution in [-0.4, -0.2) is 0 Å². The van der Waals surface area contributed by atoms with Gasteiger partial charge < -0.3 is 0 Å². The summed E-state index contributed by atoms with van der Waals surface area (Å²) in [7, 11) is 0. The van der Waals surface area contributed by atoms with E-state index in [0.29, 0.717) is 0 Å². The van der Waals surface area contributed by atoms with Crippen LogP contribution in [0.15, 0.2) is 35.5 Å². The van der Waals surface area contributed by atoms with Crippen LogP contribution in [0.2, 0.25) is 0 Å². The zero-order valence-corrected chi connectivity index (χ0v) is 17.3. The van der Waals surface area contributed by atoms with E-state index in [-0.39, 0.29) is 0 Å². The lowest BCUT2D eigenvalue weighted by Crippen LogP contribution is -2.01. The molecule has 0 heteroatoms. The summed E-state index contributed by atoms with van der Waals surface area (Å²) in [6.07, 6.45) is 20.3. The van der Waals surface area contributed by atoms with E-state index in [9.17, 15) is 0 Å². The summed E-state index contributed by atoms with van der Waals surface area (Å²) in [6.45, 7) is 13.7. The van der Waals surface area contributed by atoms with Crippen LogP contribution in [0.3, 0.4) is 0 Å². The Kier molecular flexibility index (Phi) is 10.4. The molecule has 4 atom stereocenters. The zero-order valence-electron chi connectivity index (χ0n) is 17.3. The Hall–Kier alpha value is -0.780. The van der Waals surface area contributed by atoms with Gasteiger partial charge in [-0.05, 0) is 88.9 Å². The molecule has 0 N–H and O–H groups in total. The molecule has 0 saturated carbocycles. The third-order valence-electron chi connectivity index (χ3n) is 5.65. The lowest BCUT2D eigenvalue weighted by Gasteiger charge is -2.15. The second-order valence-electron chi connectivity index (χ2n) is 8.78. The van der Waals surface area contributed by atoms with E-state index in [1.54, 1.807) is 11.1 Å². The highest BCUT2D eigenvalue weighted by molar-refractivity contribution is 5.02. The van der Waals surface area contributed by atoms with E-state index >= 15 is 0 Å². The SMILES string of the molecule is CC1=CCC(C)CC1.CC1=CCC(C)CC1.CC1C=CC(C)CC1. The zero-order chi connectivity index (χ0) is 17.9. The van der Waals surface area contributed by atoms with Crippen LogP contribution in [0.4, 0.5) is 0 Å². The van der Waals surface area contributed by atoms with Crippen LogP contribution in [0.1, 0.15) is 92.9 Å². The number of hydrogen-bond acceptors (Lipinski definition) is 0. The largest absolute Gasteiger partial charge is 0.0854 e. The average Bonchev–Trinajstić information content (AvgIpc) is 2.57. The molecule has 0 amide bonds. The molecule has 0 aliphatic heterocycles. The second kappa shape index (κ2) is 11.7. The molecule has 3 aliphatic carbocycles. The first-order valence-corrected chi connectivity index (χ1v) is 10.4. The van der Waals surface area contributed by atoms with Gasteiger partial charge in [0.2, 0.25) is 0 Å². The minimum absolute atomic E-state index is 0.839. The van der Waals surface area contributed by atoms with Gasteiger partial charge in [-0.25, -0.2) is 0 Å². The van der Waals surface area contributed by atoms with Crippen molar-refractivity contribution in [2.75, 3.05) is 0 Å². The quantitative estimate of drug-likeness (QED) is 0.393. The van der Waals surface area contributed by atoms with Crippen LogP contribution < -0.4 is 0 Å². The topological polar surface area (TPSA) is 0 Å². The molecule has 0 fully saturated rings. The summed E-state index contributed by atoms with van der Waals surface area (Å²) >= 11 is 0. The van der Waals surface area contributed by atoms with E-state index in [4.69, 9.17) is 0 Å². The third kappa shape index (κ3) is 10.2. The lowest BCUT2D eigenvalue weighted by atomic mass is 9.91. The number of allylic oxidation sites excluding steroid dienone is 6. The van der Waals surface area contributed by atoms with E-state index in [0.717, 1.165) is 23.7 Å². The Labute approximate surface area is 152 Å². The normalized spacial score (nSPS) is 32.4. The maximum atomic E-state index is 2.37. The van der Waals surface area contributed by atoms with Gasteiger partial charge in [0.15, 0.2) is 0 Å². The third-order valence-corrected chi connectivity index (χ3v) is 5.65. The van der Waals surface area contributed by atoms with Crippen molar-refractivity contribution in [3.63, 3.8) is 0 Å². The van der Waals surface area contributed by atoms with Crippen molar-refractivity contribution in [1.29, 1.82) is 0 Å². The van der Waals surface area contributed by atoms with Gasteiger partial charge in [0.05, 0.1) is 0 Å². The van der Waals surface area contributed by atoms with Crippen molar-refractivity contribution in [2.24, 2.45) is 23.7 Å². The van der Waals surface area contributed by atoms with E-state index in [1.807, 2.05) is 0 Å². The molecule has 3 aliphatic rings. The smallest absolute Gasteiger partial charge is 0.0262 e. The molecular formula is C24H42. The highest BCUT2D eigenvalue weighted by Gasteiger charge is 2.07. The molecule has 0 aromatic rings. The molecule has 0 saturated heterocycles. The molecule has 0 nitrogen and oxygen atoms in total. The lowest BCUT2D eigenvalue weighted by molar-refractivity contribution is 0.502. The van der Waals surface area contributed by atoms with Crippen molar-refractivity contribution in [1.82, 2.24) is 0 Å². The van der Waals surface area contributed by atoms with Crippen LogP contribution in [0.5, 0.6) is 0 Å². The van der Waals surface area contributed by atoms with Gasteiger partial charge in [-0.3, -0.25) is 0 Å². The van der Waals surface area contributed by atoms with Gasteiger partial charge in [0.1, 0.15) is 0 Å². The fourth-order valence-electron chi connectivity index (χ4n) is 3.29. The van der Waals surface area contributed by atoms with Gasteiger partial charge in [0.25, 0.3) is 0 Å². The Morgan fingerprint density at radius 3 is 1.21 bits per heavy atom. The fourth-order valence-corrected chi connectivity index (χ4v) is 3.29. The highest BCUT2D eigenvalue weighted by atomic mass is 14.1. The minimum atomic E-state index is 0.839. The molecule has 3 rings (SSSR count). The van der Waals surface area contributed by atoms with Crippen molar-refractivity contribution in [3.05, 3.63) is 35.5 Å². The van der Waals surface area contributed by atoms with Gasteiger partial charge in [-0.15, -0.1) is 0 Å². The predicted molar refractivity (Wildman–Crippen MR) is 110 cm³/mol. The summed E-state index contributed by atoms with van der Waals surface area (Å²) in [5.41, 5.74) is 3.17. The van der Waals surface area contributed by atoms with Gasteiger partial charge >= 0.3 is 0 Å². The van der Waals surface area contributed by atoms with Crippen molar-refractivity contribution < 1.29 is 0 Å². The van der Waals surface area contributed by atoms with Crippen LogP contribution in [0.25, 0.3) is 0 Å². The van der Waals surface area contributed by atoms with Gasteiger partial charge in [0, 0.05) is 0 Å². The standard InChI is InChI=1S/3C8H14/c3*1-7-3-5-8(2)6-4-7/h2*3,8H,4-6H2,1-2H3;3,5,7-8H,4,6H2,1-2H3. The summed E-state index contributed by atoms with van der Waals surface area (Å²) in [5, 5.41) is 0. The Balaban J connectivity index is 0.000000180.